The molecule has 0 radical (unpaired) electrons. The van der Waals surface area contributed by atoms with Crippen molar-refractivity contribution in [2.45, 2.75) is 32.7 Å². The third kappa shape index (κ3) is 4.94. The van der Waals surface area contributed by atoms with Crippen LogP contribution in [-0.4, -0.2) is 50.6 Å². The first-order valence-electron chi connectivity index (χ1n) is 7.96. The lowest BCUT2D eigenvalue weighted by Crippen LogP contribution is -2.38. The van der Waals surface area contributed by atoms with Gasteiger partial charge < -0.3 is 10.2 Å². The molecule has 1 aliphatic rings. The van der Waals surface area contributed by atoms with Crippen LogP contribution < -0.4 is 10.2 Å². The molecule has 0 spiro atoms. The molecule has 0 unspecified atom stereocenters. The molecule has 0 aromatic heterocycles. The number of carbonyl (C=O) groups excluding carboxylic acids is 1. The SMILES string of the molecule is CCN(CC)c1ccc(NC(=O)CN(C2CC2)S(C)(=O)=O)cc1. The van der Waals surface area contributed by atoms with Crippen molar-refractivity contribution in [3.05, 3.63) is 24.3 Å². The summed E-state index contributed by atoms with van der Waals surface area (Å²) in [5.41, 5.74) is 1.78. The molecule has 23 heavy (non-hydrogen) atoms. The maximum Gasteiger partial charge on any atom is 0.239 e. The van der Waals surface area contributed by atoms with Gasteiger partial charge in [-0.1, -0.05) is 0 Å². The average molecular weight is 339 g/mol. The molecule has 1 amide bonds. The molecule has 7 heteroatoms. The molecule has 128 valence electrons. The van der Waals surface area contributed by atoms with Crippen LogP contribution in [0.2, 0.25) is 0 Å². The lowest BCUT2D eigenvalue weighted by Gasteiger charge is -2.21. The molecule has 0 saturated heterocycles. The Morgan fingerprint density at radius 1 is 1.17 bits per heavy atom. The number of rotatable bonds is 8. The van der Waals surface area contributed by atoms with Crippen LogP contribution in [0.3, 0.4) is 0 Å². The van der Waals surface area contributed by atoms with Gasteiger partial charge in [0.1, 0.15) is 0 Å². The summed E-state index contributed by atoms with van der Waals surface area (Å²) in [5.74, 6) is -0.307. The highest BCUT2D eigenvalue weighted by atomic mass is 32.2. The van der Waals surface area contributed by atoms with E-state index in [0.717, 1.165) is 37.9 Å². The summed E-state index contributed by atoms with van der Waals surface area (Å²) < 4.78 is 24.7. The van der Waals surface area contributed by atoms with Gasteiger partial charge in [-0.2, -0.15) is 4.31 Å². The molecule has 0 aliphatic heterocycles. The fourth-order valence-corrected chi connectivity index (χ4v) is 3.67. The van der Waals surface area contributed by atoms with Gasteiger partial charge in [-0.3, -0.25) is 4.79 Å². The van der Waals surface area contributed by atoms with Gasteiger partial charge in [0.2, 0.25) is 15.9 Å². The van der Waals surface area contributed by atoms with Crippen LogP contribution in [0.5, 0.6) is 0 Å². The van der Waals surface area contributed by atoms with Crippen LogP contribution in [-0.2, 0) is 14.8 Å². The quantitative estimate of drug-likeness (QED) is 0.785. The van der Waals surface area contributed by atoms with Crippen molar-refractivity contribution in [2.75, 3.05) is 36.1 Å². The van der Waals surface area contributed by atoms with Crippen molar-refractivity contribution in [3.8, 4) is 0 Å². The molecular formula is C16H25N3O3S. The number of anilines is 2. The molecule has 1 aromatic rings. The smallest absolute Gasteiger partial charge is 0.239 e. The Kier molecular flexibility index (Phi) is 5.64. The summed E-state index contributed by atoms with van der Waals surface area (Å²) >= 11 is 0. The summed E-state index contributed by atoms with van der Waals surface area (Å²) in [7, 11) is -3.35. The van der Waals surface area contributed by atoms with E-state index in [-0.39, 0.29) is 18.5 Å². The van der Waals surface area contributed by atoms with E-state index in [4.69, 9.17) is 0 Å². The number of nitrogens with one attached hydrogen (secondary N) is 1. The number of carbonyl (C=O) groups is 1. The van der Waals surface area contributed by atoms with E-state index in [1.165, 1.54) is 4.31 Å². The van der Waals surface area contributed by atoms with E-state index in [1.807, 2.05) is 24.3 Å². The number of amides is 1. The van der Waals surface area contributed by atoms with E-state index >= 15 is 0 Å². The van der Waals surface area contributed by atoms with Crippen molar-refractivity contribution in [3.63, 3.8) is 0 Å². The summed E-state index contributed by atoms with van der Waals surface area (Å²) in [5, 5.41) is 2.77. The monoisotopic (exact) mass is 339 g/mol. The summed E-state index contributed by atoms with van der Waals surface area (Å²) in [6.07, 6.45) is 2.81. The maximum absolute atomic E-state index is 12.1. The average Bonchev–Trinajstić information content (AvgIpc) is 3.31. The Hall–Kier alpha value is -1.60. The molecule has 6 nitrogen and oxygen atoms in total. The van der Waals surface area contributed by atoms with Crippen LogP contribution >= 0.6 is 0 Å². The number of benzene rings is 1. The molecule has 1 N–H and O–H groups in total. The van der Waals surface area contributed by atoms with Gasteiger partial charge in [0.05, 0.1) is 12.8 Å². The molecule has 1 fully saturated rings. The molecule has 2 rings (SSSR count). The molecule has 1 saturated carbocycles. The van der Waals surface area contributed by atoms with Crippen LogP contribution in [0.25, 0.3) is 0 Å². The van der Waals surface area contributed by atoms with E-state index in [2.05, 4.69) is 24.1 Å². The second-order valence-electron chi connectivity index (χ2n) is 5.81. The number of hydrogen-bond acceptors (Lipinski definition) is 4. The van der Waals surface area contributed by atoms with E-state index in [1.54, 1.807) is 0 Å². The molecule has 0 bridgehead atoms. The van der Waals surface area contributed by atoms with Crippen molar-refractivity contribution in [1.29, 1.82) is 0 Å². The molecule has 0 atom stereocenters. The van der Waals surface area contributed by atoms with Gasteiger partial charge in [0, 0.05) is 30.5 Å². The summed E-state index contributed by atoms with van der Waals surface area (Å²) in [6, 6.07) is 7.58. The Balaban J connectivity index is 1.97. The fourth-order valence-electron chi connectivity index (χ4n) is 2.57. The van der Waals surface area contributed by atoms with Crippen LogP contribution in [0.15, 0.2) is 24.3 Å². The predicted octanol–water partition coefficient (Wildman–Crippen LogP) is 1.90. The number of sulfonamides is 1. The maximum atomic E-state index is 12.1. The zero-order valence-corrected chi connectivity index (χ0v) is 14.8. The van der Waals surface area contributed by atoms with Gasteiger partial charge >= 0.3 is 0 Å². The minimum atomic E-state index is -3.35. The van der Waals surface area contributed by atoms with Gasteiger partial charge in [0.15, 0.2) is 0 Å². The highest BCUT2D eigenvalue weighted by Gasteiger charge is 2.36. The van der Waals surface area contributed by atoms with Crippen LogP contribution in [0, 0.1) is 0 Å². The largest absolute Gasteiger partial charge is 0.372 e. The van der Waals surface area contributed by atoms with E-state index in [0.29, 0.717) is 5.69 Å². The third-order valence-electron chi connectivity index (χ3n) is 3.96. The van der Waals surface area contributed by atoms with E-state index in [9.17, 15) is 13.2 Å². The Labute approximate surface area is 138 Å². The first kappa shape index (κ1) is 17.7. The minimum absolute atomic E-state index is 0.0132. The first-order valence-corrected chi connectivity index (χ1v) is 9.81. The van der Waals surface area contributed by atoms with Crippen molar-refractivity contribution in [1.82, 2.24) is 4.31 Å². The van der Waals surface area contributed by atoms with Crippen molar-refractivity contribution < 1.29 is 13.2 Å². The standard InChI is InChI=1S/C16H25N3O3S/c1-4-18(5-2)14-8-6-13(7-9-14)17-16(20)12-19(15-10-11-15)23(3,21)22/h6-9,15H,4-5,10-12H2,1-3H3,(H,17,20). The number of hydrogen-bond donors (Lipinski definition) is 1. The summed E-state index contributed by atoms with van der Waals surface area (Å²) in [4.78, 5) is 14.3. The lowest BCUT2D eigenvalue weighted by atomic mass is 10.2. The van der Waals surface area contributed by atoms with Gasteiger partial charge in [-0.15, -0.1) is 0 Å². The third-order valence-corrected chi connectivity index (χ3v) is 5.24. The molecule has 1 aliphatic carbocycles. The molecular weight excluding hydrogens is 314 g/mol. The zero-order chi connectivity index (χ0) is 17.0. The second-order valence-corrected chi connectivity index (χ2v) is 7.74. The van der Waals surface area contributed by atoms with Crippen molar-refractivity contribution in [2.24, 2.45) is 0 Å². The topological polar surface area (TPSA) is 69.7 Å². The predicted molar refractivity (Wildman–Crippen MR) is 93.2 cm³/mol. The molecule has 1 aromatic carbocycles. The van der Waals surface area contributed by atoms with Crippen LogP contribution in [0.1, 0.15) is 26.7 Å². The van der Waals surface area contributed by atoms with Gasteiger partial charge in [-0.25, -0.2) is 8.42 Å². The van der Waals surface area contributed by atoms with Crippen molar-refractivity contribution >= 4 is 27.3 Å². The van der Waals surface area contributed by atoms with E-state index < -0.39 is 10.0 Å². The highest BCUT2D eigenvalue weighted by Crippen LogP contribution is 2.28. The summed E-state index contributed by atoms with van der Waals surface area (Å²) in [6.45, 7) is 5.91. The highest BCUT2D eigenvalue weighted by molar-refractivity contribution is 7.88. The zero-order valence-electron chi connectivity index (χ0n) is 13.9. The molecule has 0 heterocycles. The lowest BCUT2D eigenvalue weighted by molar-refractivity contribution is -0.116. The Morgan fingerprint density at radius 2 is 1.74 bits per heavy atom. The fraction of sp³-hybridized carbons (Fsp3) is 0.562. The Morgan fingerprint density at radius 3 is 2.17 bits per heavy atom. The minimum Gasteiger partial charge on any atom is -0.372 e. The van der Waals surface area contributed by atoms with Gasteiger partial charge in [-0.05, 0) is 51.0 Å². The number of nitrogens with zero attached hydrogens (tertiary/aromatic N) is 2. The van der Waals surface area contributed by atoms with Gasteiger partial charge in [0.25, 0.3) is 0 Å². The van der Waals surface area contributed by atoms with Crippen LogP contribution in [0.4, 0.5) is 11.4 Å². The second kappa shape index (κ2) is 7.31. The normalized spacial score (nSPS) is 14.8. The Bertz CT molecular complexity index is 635. The first-order chi connectivity index (χ1) is 10.8.